The summed E-state index contributed by atoms with van der Waals surface area (Å²) in [6, 6.07) is 5.12. The molecule has 19 heavy (non-hydrogen) atoms. The maximum atomic E-state index is 12.2. The lowest BCUT2D eigenvalue weighted by Gasteiger charge is -2.09. The molecule has 0 aliphatic heterocycles. The highest BCUT2D eigenvalue weighted by Crippen LogP contribution is 2.34. The van der Waals surface area contributed by atoms with E-state index in [1.807, 2.05) is 0 Å². The summed E-state index contributed by atoms with van der Waals surface area (Å²) < 4.78 is 7.13. The maximum absolute atomic E-state index is 12.2. The topological polar surface area (TPSA) is 70.1 Å². The van der Waals surface area contributed by atoms with E-state index >= 15 is 0 Å². The van der Waals surface area contributed by atoms with Gasteiger partial charge in [-0.2, -0.15) is 0 Å². The summed E-state index contributed by atoms with van der Waals surface area (Å²) in [5.41, 5.74) is 5.94. The normalized spacial score (nSPS) is 14.4. The van der Waals surface area contributed by atoms with E-state index in [9.17, 15) is 4.79 Å². The molecule has 0 amide bonds. The molecule has 5 nitrogen and oxygen atoms in total. The number of anilines is 1. The van der Waals surface area contributed by atoms with Crippen molar-refractivity contribution < 1.29 is 4.74 Å². The second-order valence-electron chi connectivity index (χ2n) is 4.46. The summed E-state index contributed by atoms with van der Waals surface area (Å²) in [6.45, 7) is 0. The van der Waals surface area contributed by atoms with Gasteiger partial charge >= 0.3 is 5.56 Å². The Bertz CT molecular complexity index is 680. The Balaban J connectivity index is 1.97. The predicted molar refractivity (Wildman–Crippen MR) is 72.7 cm³/mol. The molecule has 1 saturated carbocycles. The van der Waals surface area contributed by atoms with Gasteiger partial charge < -0.3 is 15.0 Å². The fourth-order valence-corrected chi connectivity index (χ4v) is 1.98. The Morgan fingerprint density at radius 2 is 2.21 bits per heavy atom. The zero-order valence-corrected chi connectivity index (χ0v) is 10.8. The van der Waals surface area contributed by atoms with Gasteiger partial charge in [0.15, 0.2) is 5.75 Å². The van der Waals surface area contributed by atoms with E-state index in [2.05, 4.69) is 4.98 Å². The van der Waals surface area contributed by atoms with Crippen molar-refractivity contribution in [3.05, 3.63) is 46.0 Å². The van der Waals surface area contributed by atoms with Crippen molar-refractivity contribution in [3.8, 4) is 11.6 Å². The van der Waals surface area contributed by atoms with Crippen LogP contribution in [0.25, 0.3) is 0 Å². The largest absolute Gasteiger partial charge is 0.432 e. The van der Waals surface area contributed by atoms with Crippen LogP contribution in [-0.2, 0) is 0 Å². The van der Waals surface area contributed by atoms with Crippen LogP contribution in [0.1, 0.15) is 18.9 Å². The first-order chi connectivity index (χ1) is 9.15. The summed E-state index contributed by atoms with van der Waals surface area (Å²) >= 11 is 5.88. The minimum absolute atomic E-state index is 0.0170. The van der Waals surface area contributed by atoms with Crippen molar-refractivity contribution in [2.75, 3.05) is 5.73 Å². The first kappa shape index (κ1) is 12.0. The van der Waals surface area contributed by atoms with Crippen LogP contribution in [0.4, 0.5) is 5.69 Å². The van der Waals surface area contributed by atoms with E-state index in [0.29, 0.717) is 16.5 Å². The summed E-state index contributed by atoms with van der Waals surface area (Å²) in [5.74, 6) is 0.356. The maximum Gasteiger partial charge on any atom is 0.313 e. The van der Waals surface area contributed by atoms with Gasteiger partial charge in [-0.1, -0.05) is 11.6 Å². The summed E-state index contributed by atoms with van der Waals surface area (Å²) in [5, 5.41) is 0.489. The van der Waals surface area contributed by atoms with Gasteiger partial charge in [-0.3, -0.25) is 4.79 Å². The van der Waals surface area contributed by atoms with E-state index < -0.39 is 0 Å². The van der Waals surface area contributed by atoms with Crippen LogP contribution >= 0.6 is 11.6 Å². The van der Waals surface area contributed by atoms with Crippen molar-refractivity contribution in [2.24, 2.45) is 0 Å². The summed E-state index contributed by atoms with van der Waals surface area (Å²) in [4.78, 5) is 16.1. The smallest absolute Gasteiger partial charge is 0.313 e. The van der Waals surface area contributed by atoms with Crippen LogP contribution in [0.15, 0.2) is 35.4 Å². The van der Waals surface area contributed by atoms with Gasteiger partial charge in [0, 0.05) is 29.5 Å². The van der Waals surface area contributed by atoms with E-state index in [1.165, 1.54) is 0 Å². The first-order valence-electron chi connectivity index (χ1n) is 5.95. The molecule has 1 heterocycles. The molecule has 6 heteroatoms. The van der Waals surface area contributed by atoms with E-state index in [0.717, 1.165) is 12.8 Å². The number of halogens is 1. The van der Waals surface area contributed by atoms with Crippen molar-refractivity contribution in [2.45, 2.75) is 18.9 Å². The molecule has 0 spiro atoms. The van der Waals surface area contributed by atoms with E-state index in [4.69, 9.17) is 22.1 Å². The molecule has 1 fully saturated rings. The molecule has 1 aromatic carbocycles. The van der Waals surface area contributed by atoms with Gasteiger partial charge in [0.25, 0.3) is 5.88 Å². The summed E-state index contributed by atoms with van der Waals surface area (Å²) in [6.07, 6.45) is 5.26. The highest BCUT2D eigenvalue weighted by Gasteiger charge is 2.25. The van der Waals surface area contributed by atoms with Gasteiger partial charge in [0.1, 0.15) is 0 Å². The third-order valence-electron chi connectivity index (χ3n) is 2.96. The van der Waals surface area contributed by atoms with E-state index in [-0.39, 0.29) is 17.5 Å². The molecular weight excluding hydrogens is 266 g/mol. The highest BCUT2D eigenvalue weighted by atomic mass is 35.5. The monoisotopic (exact) mass is 277 g/mol. The minimum atomic E-state index is -0.246. The predicted octanol–water partition coefficient (Wildman–Crippen LogP) is 2.61. The van der Waals surface area contributed by atoms with Crippen LogP contribution < -0.4 is 16.0 Å². The molecular formula is C13H12ClN3O2. The van der Waals surface area contributed by atoms with E-state index in [1.54, 1.807) is 35.2 Å². The summed E-state index contributed by atoms with van der Waals surface area (Å²) in [7, 11) is 0. The Labute approximate surface area is 114 Å². The number of hydrogen-bond donors (Lipinski definition) is 1. The van der Waals surface area contributed by atoms with Crippen molar-refractivity contribution in [3.63, 3.8) is 0 Å². The number of nitrogens with zero attached hydrogens (tertiary/aromatic N) is 2. The van der Waals surface area contributed by atoms with Gasteiger partial charge in [0.2, 0.25) is 0 Å². The van der Waals surface area contributed by atoms with Crippen molar-refractivity contribution >= 4 is 17.3 Å². The third-order valence-corrected chi connectivity index (χ3v) is 3.19. The van der Waals surface area contributed by atoms with Gasteiger partial charge in [0.05, 0.1) is 5.69 Å². The quantitative estimate of drug-likeness (QED) is 0.876. The van der Waals surface area contributed by atoms with Gasteiger partial charge in [-0.05, 0) is 25.0 Å². The number of nitrogens with two attached hydrogens (primary N) is 1. The average Bonchev–Trinajstić information content (AvgIpc) is 3.20. The number of benzene rings is 1. The zero-order chi connectivity index (χ0) is 13.4. The number of rotatable bonds is 3. The lowest BCUT2D eigenvalue weighted by molar-refractivity contribution is 0.446. The second kappa shape index (κ2) is 4.59. The third kappa shape index (κ3) is 2.42. The van der Waals surface area contributed by atoms with Gasteiger partial charge in [-0.25, -0.2) is 4.98 Å². The molecule has 1 aliphatic rings. The first-order valence-corrected chi connectivity index (χ1v) is 6.33. The van der Waals surface area contributed by atoms with Crippen LogP contribution in [0, 0.1) is 0 Å². The van der Waals surface area contributed by atoms with Crippen molar-refractivity contribution in [1.29, 1.82) is 0 Å². The standard InChI is InChI=1S/C13H12ClN3O2/c14-8-1-4-10(15)11(7-8)19-12-13(18)17(6-5-16-12)9-2-3-9/h1,4-7,9H,2-3,15H2. The molecule has 0 atom stereocenters. The molecule has 0 unspecified atom stereocenters. The Hall–Kier alpha value is -2.01. The molecule has 3 rings (SSSR count). The minimum Gasteiger partial charge on any atom is -0.432 e. The SMILES string of the molecule is Nc1ccc(Cl)cc1Oc1nccn(C2CC2)c1=O. The molecule has 98 valence electrons. The number of ether oxygens (including phenoxy) is 1. The van der Waals surface area contributed by atoms with Gasteiger partial charge in [-0.15, -0.1) is 0 Å². The highest BCUT2D eigenvalue weighted by molar-refractivity contribution is 6.30. The van der Waals surface area contributed by atoms with Crippen LogP contribution in [-0.4, -0.2) is 9.55 Å². The zero-order valence-electron chi connectivity index (χ0n) is 10.0. The number of nitrogen functional groups attached to an aromatic ring is 1. The molecule has 0 radical (unpaired) electrons. The molecule has 1 aromatic heterocycles. The molecule has 0 bridgehead atoms. The fraction of sp³-hybridized carbons (Fsp3) is 0.231. The fourth-order valence-electron chi connectivity index (χ4n) is 1.82. The average molecular weight is 278 g/mol. The Kier molecular flexibility index (Phi) is 2.91. The van der Waals surface area contributed by atoms with Crippen LogP contribution in [0.2, 0.25) is 5.02 Å². The lowest BCUT2D eigenvalue weighted by atomic mass is 10.3. The second-order valence-corrected chi connectivity index (χ2v) is 4.90. The van der Waals surface area contributed by atoms with Crippen molar-refractivity contribution in [1.82, 2.24) is 9.55 Å². The Morgan fingerprint density at radius 1 is 1.42 bits per heavy atom. The number of hydrogen-bond acceptors (Lipinski definition) is 4. The molecule has 0 saturated heterocycles. The van der Waals surface area contributed by atoms with Crippen LogP contribution in [0.3, 0.4) is 0 Å². The Morgan fingerprint density at radius 3 is 2.95 bits per heavy atom. The van der Waals surface area contributed by atoms with Crippen LogP contribution in [0.5, 0.6) is 11.6 Å². The number of aromatic nitrogens is 2. The molecule has 2 N–H and O–H groups in total. The lowest BCUT2D eigenvalue weighted by Crippen LogP contribution is -2.20. The molecule has 1 aliphatic carbocycles. The molecule has 2 aromatic rings.